The van der Waals surface area contributed by atoms with Crippen molar-refractivity contribution in [1.82, 2.24) is 10.2 Å². The zero-order chi connectivity index (χ0) is 60.4. The third-order valence-electron chi connectivity index (χ3n) is 16.7. The quantitative estimate of drug-likeness (QED) is 0.0424. The lowest BCUT2D eigenvalue weighted by Gasteiger charge is -2.43. The molecule has 3 aliphatic heterocycles. The Morgan fingerprint density at radius 1 is 0.780 bits per heavy atom. The Bertz CT molecular complexity index is 2080. The maximum atomic E-state index is 14.7. The lowest BCUT2D eigenvalue weighted by molar-refractivity contribution is -0.265. The minimum absolute atomic E-state index is 0.00777. The van der Waals surface area contributed by atoms with Crippen molar-refractivity contribution in [3.63, 3.8) is 0 Å². The molecule has 16 atom stereocenters. The summed E-state index contributed by atoms with van der Waals surface area (Å²) in [5.74, 6) is -7.72. The Morgan fingerprint density at radius 3 is 2.12 bits per heavy atom. The highest BCUT2D eigenvalue weighted by molar-refractivity contribution is 6.39. The van der Waals surface area contributed by atoms with Gasteiger partial charge in [0, 0.05) is 71.6 Å². The van der Waals surface area contributed by atoms with Gasteiger partial charge in [0.25, 0.3) is 11.7 Å². The molecule has 82 heavy (non-hydrogen) atoms. The minimum atomic E-state index is -2.45. The zero-order valence-corrected chi connectivity index (χ0v) is 51.1. The Hall–Kier alpha value is -3.93. The number of nitrogens with zero attached hydrogens (tertiary/aromatic N) is 1. The summed E-state index contributed by atoms with van der Waals surface area (Å²) in [4.78, 5) is 71.4. The van der Waals surface area contributed by atoms with Crippen LogP contribution in [0.5, 0.6) is 0 Å². The van der Waals surface area contributed by atoms with Crippen molar-refractivity contribution >= 4 is 29.5 Å². The number of ketones is 2. The number of hydrogen-bond acceptors (Lipinski definition) is 18. The average Bonchev–Trinajstić information content (AvgIpc) is 3.40. The summed E-state index contributed by atoms with van der Waals surface area (Å²) in [6, 6.07) is -1.16. The molecule has 4 aliphatic rings. The van der Waals surface area contributed by atoms with Crippen LogP contribution in [-0.2, 0) is 66.5 Å². The molecule has 1 aliphatic carbocycles. The van der Waals surface area contributed by atoms with Crippen molar-refractivity contribution in [2.24, 2.45) is 35.5 Å². The number of hydrogen-bond donors (Lipinski definition) is 4. The molecule has 0 unspecified atom stereocenters. The normalized spacial score (nSPS) is 35.3. The molecular formula is C62H102N2O18. The van der Waals surface area contributed by atoms with Crippen molar-refractivity contribution in [1.29, 1.82) is 0 Å². The van der Waals surface area contributed by atoms with Gasteiger partial charge >= 0.3 is 12.1 Å². The third-order valence-corrected chi connectivity index (χ3v) is 16.7. The highest BCUT2D eigenvalue weighted by atomic mass is 16.6. The van der Waals surface area contributed by atoms with Gasteiger partial charge in [-0.05, 0) is 114 Å². The number of carbonyl (C=O) groups is 5. The Kier molecular flexibility index (Phi) is 31.7. The number of esters is 1. The molecule has 0 spiro atoms. The van der Waals surface area contributed by atoms with E-state index in [-0.39, 0.29) is 56.1 Å². The zero-order valence-electron chi connectivity index (χ0n) is 51.1. The molecule has 1 saturated carbocycles. The van der Waals surface area contributed by atoms with Crippen LogP contribution in [0.2, 0.25) is 0 Å². The number of carbonyl (C=O) groups excluding carboxylic acids is 5. The van der Waals surface area contributed by atoms with Gasteiger partial charge in [0.2, 0.25) is 5.79 Å². The van der Waals surface area contributed by atoms with Crippen LogP contribution in [0.3, 0.4) is 0 Å². The van der Waals surface area contributed by atoms with Crippen LogP contribution < -0.4 is 5.32 Å². The standard InChI is InChI=1S/C62H102N2O18/c1-12-76-28-29-78-32-33-79-31-30-77-27-25-63-61(71)81-51-24-22-47(37-54(51)74-10)36-43(5)53-39-50(65)42(4)35-45(7)56(67)57(75-11)55(66)44(6)34-40(2)18-14-13-15-19-41(3)52(73-9)38-48-23-21-46(8)62(72,82-48)58(68)59(69)64-26-17-16-20-49(64)60(70)80-53/h13-15,18-19,35,40,42-44,46-54,56-57,65,67,72H,12,16-17,20-34,36-39H2,1-11H3,(H,63,71)/b15-13+,18-14+,41-19+,45-35+/t40-,42-,43-,44-,46-,47+,48+,49+,50-,51-,52+,53+,54-,56-,57+,62-/m1/s1. The average molecular weight is 1160 g/mol. The summed E-state index contributed by atoms with van der Waals surface area (Å²) in [5, 5.41) is 38.4. The Balaban J connectivity index is 1.53. The number of piperidine rings is 1. The van der Waals surface area contributed by atoms with Crippen molar-refractivity contribution < 1.29 is 86.7 Å². The topological polar surface area (TPSA) is 254 Å². The van der Waals surface area contributed by atoms with Crippen LogP contribution in [-0.4, -0.2) is 198 Å². The van der Waals surface area contributed by atoms with Crippen LogP contribution >= 0.6 is 0 Å². The number of alkyl carbamates (subject to hydrolysis) is 1. The van der Waals surface area contributed by atoms with Gasteiger partial charge in [-0.2, -0.15) is 0 Å². The summed E-state index contributed by atoms with van der Waals surface area (Å²) >= 11 is 0. The van der Waals surface area contributed by atoms with Crippen molar-refractivity contribution in [3.8, 4) is 0 Å². The van der Waals surface area contributed by atoms with Crippen molar-refractivity contribution in [3.05, 3.63) is 47.6 Å². The first-order valence-corrected chi connectivity index (χ1v) is 30.1. The fraction of sp³-hybridized carbons (Fsp3) is 0.790. The van der Waals surface area contributed by atoms with Crippen LogP contribution in [0.4, 0.5) is 4.79 Å². The number of amides is 2. The van der Waals surface area contributed by atoms with Gasteiger partial charge in [-0.3, -0.25) is 14.4 Å². The largest absolute Gasteiger partial charge is 0.460 e. The second kappa shape index (κ2) is 36.8. The maximum Gasteiger partial charge on any atom is 0.407 e. The predicted molar refractivity (Wildman–Crippen MR) is 307 cm³/mol. The summed E-state index contributed by atoms with van der Waals surface area (Å²) in [6.45, 7) is 18.7. The predicted octanol–water partition coefficient (Wildman–Crippen LogP) is 6.79. The van der Waals surface area contributed by atoms with Crippen LogP contribution in [0.25, 0.3) is 0 Å². The first-order valence-electron chi connectivity index (χ1n) is 30.1. The first kappa shape index (κ1) is 70.6. The molecule has 20 nitrogen and oxygen atoms in total. The monoisotopic (exact) mass is 1160 g/mol. The SMILES string of the molecule is CCOCCOCCOCCOCCNC(=O)O[C@@H]1CC[C@@H](C[C@@H](C)[C@@H]2C[C@@H](O)[C@H](C)/C=C(\C)[C@@H](O)[C@@H](OC)C(=O)[C@H](C)C[C@H](C)/C=C/C=C/C=C(\C)[C@@H](OC)C[C@@H]3CC[C@@H](C)[C@@](O)(O3)C(=O)C(=O)N3CCCC[C@H]3C(=O)O2)C[C@H]1OC. The number of ether oxygens (including phenoxy) is 10. The molecule has 0 aromatic carbocycles. The van der Waals surface area contributed by atoms with E-state index in [4.69, 9.17) is 47.4 Å². The number of Topliss-reactive ketones (excluding diaryl/α,β-unsaturated/α-hetero) is 2. The summed E-state index contributed by atoms with van der Waals surface area (Å²) < 4.78 is 57.6. The van der Waals surface area contributed by atoms with E-state index in [1.54, 1.807) is 41.1 Å². The number of rotatable bonds is 20. The molecule has 4 rings (SSSR count). The minimum Gasteiger partial charge on any atom is -0.460 e. The lowest BCUT2D eigenvalue weighted by atomic mass is 9.78. The van der Waals surface area contributed by atoms with Gasteiger partial charge in [-0.25, -0.2) is 9.59 Å². The van der Waals surface area contributed by atoms with Gasteiger partial charge in [0.1, 0.15) is 30.5 Å². The molecular weight excluding hydrogens is 1060 g/mol. The number of aliphatic hydroxyl groups excluding tert-OH is 2. The van der Waals surface area contributed by atoms with Gasteiger partial charge in [0.05, 0.1) is 70.7 Å². The molecule has 2 saturated heterocycles. The van der Waals surface area contributed by atoms with E-state index >= 15 is 0 Å². The van der Waals surface area contributed by atoms with Gasteiger partial charge < -0.3 is 72.9 Å². The third kappa shape index (κ3) is 22.2. The molecule has 3 heterocycles. The number of nitrogens with one attached hydrogen (secondary N) is 1. The highest BCUT2D eigenvalue weighted by Gasteiger charge is 2.53. The van der Waals surface area contributed by atoms with E-state index in [1.807, 2.05) is 65.0 Å². The molecule has 468 valence electrons. The van der Waals surface area contributed by atoms with Crippen LogP contribution in [0, 0.1) is 35.5 Å². The molecule has 2 bridgehead atoms. The number of methoxy groups -OCH3 is 3. The second-order valence-electron chi connectivity index (χ2n) is 23.1. The molecule has 0 aromatic rings. The number of aliphatic hydroxyl groups is 3. The maximum absolute atomic E-state index is 14.7. The smallest absolute Gasteiger partial charge is 0.407 e. The Labute approximate surface area is 488 Å². The number of cyclic esters (lactones) is 1. The van der Waals surface area contributed by atoms with E-state index in [9.17, 15) is 39.3 Å². The molecule has 0 radical (unpaired) electrons. The van der Waals surface area contributed by atoms with Crippen molar-refractivity contribution in [2.45, 2.75) is 193 Å². The molecule has 3 fully saturated rings. The molecule has 2 amide bonds. The fourth-order valence-corrected chi connectivity index (χ4v) is 11.6. The summed E-state index contributed by atoms with van der Waals surface area (Å²) in [5.41, 5.74) is 1.29. The summed E-state index contributed by atoms with van der Waals surface area (Å²) in [7, 11) is 4.54. The first-order chi connectivity index (χ1) is 39.2. The van der Waals surface area contributed by atoms with Crippen LogP contribution in [0.15, 0.2) is 47.6 Å². The molecule has 20 heteroatoms. The fourth-order valence-electron chi connectivity index (χ4n) is 11.6. The van der Waals surface area contributed by atoms with Gasteiger partial charge in [-0.1, -0.05) is 71.1 Å². The molecule has 4 N–H and O–H groups in total. The van der Waals surface area contributed by atoms with Gasteiger partial charge in [-0.15, -0.1) is 0 Å². The highest BCUT2D eigenvalue weighted by Crippen LogP contribution is 2.38. The van der Waals surface area contributed by atoms with Gasteiger partial charge in [0.15, 0.2) is 5.78 Å². The van der Waals surface area contributed by atoms with E-state index in [2.05, 4.69) is 5.32 Å². The lowest BCUT2D eigenvalue weighted by Crippen LogP contribution is -2.61. The van der Waals surface area contributed by atoms with Crippen LogP contribution in [0.1, 0.15) is 132 Å². The molecule has 0 aromatic heterocycles. The van der Waals surface area contributed by atoms with E-state index in [0.29, 0.717) is 116 Å². The summed E-state index contributed by atoms with van der Waals surface area (Å²) in [6.07, 6.45) is 9.40. The van der Waals surface area contributed by atoms with E-state index in [1.165, 1.54) is 12.0 Å². The Morgan fingerprint density at radius 2 is 1.46 bits per heavy atom. The van der Waals surface area contributed by atoms with Crippen molar-refractivity contribution in [2.75, 3.05) is 87.3 Å². The number of fused-ring (bicyclic) bond motifs is 3. The number of allylic oxidation sites excluding steroid dienone is 5. The second-order valence-corrected chi connectivity index (χ2v) is 23.1. The van der Waals surface area contributed by atoms with E-state index < -0.39 is 102 Å². The van der Waals surface area contributed by atoms with E-state index in [0.717, 1.165) is 5.57 Å².